The molecule has 8 heteroatoms. The molecule has 1 saturated carbocycles. The van der Waals surface area contributed by atoms with Crippen molar-refractivity contribution in [2.24, 2.45) is 5.92 Å². The van der Waals surface area contributed by atoms with Gasteiger partial charge < -0.3 is 9.32 Å². The van der Waals surface area contributed by atoms with Gasteiger partial charge in [-0.3, -0.25) is 4.79 Å². The number of carbonyl (C=O) groups is 1. The van der Waals surface area contributed by atoms with E-state index >= 15 is 0 Å². The zero-order valence-corrected chi connectivity index (χ0v) is 14.2. The number of nitrogens with zero attached hydrogens (tertiary/aromatic N) is 3. The van der Waals surface area contributed by atoms with Gasteiger partial charge in [0.15, 0.2) is 0 Å². The molecule has 1 aliphatic heterocycles. The van der Waals surface area contributed by atoms with E-state index in [9.17, 15) is 18.0 Å². The molecular formula is C17H24F3N3O2. The van der Waals surface area contributed by atoms with Crippen molar-refractivity contribution in [2.75, 3.05) is 13.1 Å². The van der Waals surface area contributed by atoms with Gasteiger partial charge in [0.05, 0.1) is 0 Å². The normalized spacial score (nSPS) is 20.8. The molecule has 0 aromatic carbocycles. The van der Waals surface area contributed by atoms with E-state index in [0.29, 0.717) is 38.3 Å². The summed E-state index contributed by atoms with van der Waals surface area (Å²) in [5.74, 6) is -0.638. The highest BCUT2D eigenvalue weighted by atomic mass is 19.4. The first-order chi connectivity index (χ1) is 11.9. The van der Waals surface area contributed by atoms with Crippen molar-refractivity contribution in [1.82, 2.24) is 15.1 Å². The number of halogens is 3. The van der Waals surface area contributed by atoms with Crippen LogP contribution in [0.5, 0.6) is 0 Å². The largest absolute Gasteiger partial charge is 0.470 e. The minimum absolute atomic E-state index is 0.0293. The second kappa shape index (κ2) is 7.74. The summed E-state index contributed by atoms with van der Waals surface area (Å²) in [4.78, 5) is 14.2. The molecule has 1 amide bonds. The van der Waals surface area contributed by atoms with Gasteiger partial charge in [0, 0.05) is 25.4 Å². The molecule has 0 unspecified atom stereocenters. The summed E-state index contributed by atoms with van der Waals surface area (Å²) in [6.45, 7) is 1.08. The molecule has 25 heavy (non-hydrogen) atoms. The molecule has 0 radical (unpaired) electrons. The van der Waals surface area contributed by atoms with Crippen LogP contribution in [-0.2, 0) is 11.0 Å². The van der Waals surface area contributed by atoms with Crippen LogP contribution in [0.2, 0.25) is 0 Å². The molecule has 2 heterocycles. The Morgan fingerprint density at radius 3 is 2.36 bits per heavy atom. The number of aromatic nitrogens is 2. The van der Waals surface area contributed by atoms with Crippen LogP contribution in [0.25, 0.3) is 0 Å². The zero-order valence-electron chi connectivity index (χ0n) is 14.2. The molecule has 0 spiro atoms. The van der Waals surface area contributed by atoms with Crippen LogP contribution < -0.4 is 0 Å². The molecule has 1 aromatic rings. The maximum absolute atomic E-state index is 12.5. The molecule has 0 N–H and O–H groups in total. The van der Waals surface area contributed by atoms with Gasteiger partial charge in [0.2, 0.25) is 11.8 Å². The Kier molecular flexibility index (Phi) is 5.64. The molecule has 3 rings (SSSR count). The number of likely N-dealkylation sites (tertiary alicyclic amines) is 1. The second-order valence-electron chi connectivity index (χ2n) is 7.14. The van der Waals surface area contributed by atoms with Gasteiger partial charge in [-0.2, -0.15) is 13.2 Å². The van der Waals surface area contributed by atoms with E-state index in [2.05, 4.69) is 10.2 Å². The molecule has 0 bridgehead atoms. The molecule has 2 aliphatic rings. The summed E-state index contributed by atoms with van der Waals surface area (Å²) in [6, 6.07) is 0. The maximum Gasteiger partial charge on any atom is 0.470 e. The summed E-state index contributed by atoms with van der Waals surface area (Å²) in [5.41, 5.74) is 0. The SMILES string of the molecule is O=C(CCC1CCCCC1)N1CCC(c2nnc(C(F)(F)F)o2)CC1. The van der Waals surface area contributed by atoms with Crippen LogP contribution in [0.1, 0.15) is 75.5 Å². The minimum Gasteiger partial charge on any atom is -0.417 e. The first-order valence-electron chi connectivity index (χ1n) is 9.12. The van der Waals surface area contributed by atoms with Crippen molar-refractivity contribution in [1.29, 1.82) is 0 Å². The summed E-state index contributed by atoms with van der Waals surface area (Å²) in [5, 5.41) is 6.61. The number of amides is 1. The van der Waals surface area contributed by atoms with Crippen LogP contribution in [0.3, 0.4) is 0 Å². The van der Waals surface area contributed by atoms with E-state index in [-0.39, 0.29) is 17.7 Å². The summed E-state index contributed by atoms with van der Waals surface area (Å²) < 4.78 is 42.3. The van der Waals surface area contributed by atoms with Gasteiger partial charge in [-0.05, 0) is 25.2 Å². The highest BCUT2D eigenvalue weighted by molar-refractivity contribution is 5.76. The third kappa shape index (κ3) is 4.73. The van der Waals surface area contributed by atoms with Crippen LogP contribution in [0, 0.1) is 5.92 Å². The summed E-state index contributed by atoms with van der Waals surface area (Å²) in [6.07, 6.45) is 4.37. The number of alkyl halides is 3. The molecule has 1 aromatic heterocycles. The van der Waals surface area contributed by atoms with Gasteiger partial charge in [-0.15, -0.1) is 10.2 Å². The van der Waals surface area contributed by atoms with Crippen molar-refractivity contribution in [3.63, 3.8) is 0 Å². The average Bonchev–Trinajstić information content (AvgIpc) is 3.11. The van der Waals surface area contributed by atoms with Crippen molar-refractivity contribution in [3.8, 4) is 0 Å². The lowest BCUT2D eigenvalue weighted by Crippen LogP contribution is -2.38. The lowest BCUT2D eigenvalue weighted by atomic mass is 9.86. The van der Waals surface area contributed by atoms with Gasteiger partial charge >= 0.3 is 12.1 Å². The lowest BCUT2D eigenvalue weighted by Gasteiger charge is -2.31. The zero-order chi connectivity index (χ0) is 17.9. The average molecular weight is 359 g/mol. The number of hydrogen-bond acceptors (Lipinski definition) is 4. The predicted octanol–water partition coefficient (Wildman–Crippen LogP) is 4.15. The minimum atomic E-state index is -4.61. The Balaban J connectivity index is 1.44. The maximum atomic E-state index is 12.5. The summed E-state index contributed by atoms with van der Waals surface area (Å²) >= 11 is 0. The fraction of sp³-hybridized carbons (Fsp3) is 0.824. The van der Waals surface area contributed by atoms with E-state index in [0.717, 1.165) is 6.42 Å². The first-order valence-corrected chi connectivity index (χ1v) is 9.12. The molecule has 1 aliphatic carbocycles. The number of piperidine rings is 1. The number of carbonyl (C=O) groups excluding carboxylic acids is 1. The monoisotopic (exact) mass is 359 g/mol. The van der Waals surface area contributed by atoms with Crippen LogP contribution in [0.15, 0.2) is 4.42 Å². The van der Waals surface area contributed by atoms with Crippen molar-refractivity contribution >= 4 is 5.91 Å². The lowest BCUT2D eigenvalue weighted by molar-refractivity contribution is -0.157. The Morgan fingerprint density at radius 2 is 1.76 bits per heavy atom. The Labute approximate surface area is 145 Å². The number of rotatable bonds is 4. The van der Waals surface area contributed by atoms with Gasteiger partial charge in [0.1, 0.15) is 0 Å². The van der Waals surface area contributed by atoms with Crippen molar-refractivity contribution in [2.45, 2.75) is 69.9 Å². The second-order valence-corrected chi connectivity index (χ2v) is 7.14. The van der Waals surface area contributed by atoms with E-state index in [4.69, 9.17) is 4.42 Å². The molecule has 140 valence electrons. The highest BCUT2D eigenvalue weighted by Crippen LogP contribution is 2.33. The van der Waals surface area contributed by atoms with E-state index in [1.165, 1.54) is 32.1 Å². The smallest absolute Gasteiger partial charge is 0.417 e. The highest BCUT2D eigenvalue weighted by Gasteiger charge is 2.39. The first kappa shape index (κ1) is 18.2. The molecule has 0 atom stereocenters. The molecule has 1 saturated heterocycles. The van der Waals surface area contributed by atoms with Crippen LogP contribution >= 0.6 is 0 Å². The fourth-order valence-corrected chi connectivity index (χ4v) is 3.85. The molecular weight excluding hydrogens is 335 g/mol. The van der Waals surface area contributed by atoms with Crippen molar-refractivity contribution < 1.29 is 22.4 Å². The number of hydrogen-bond donors (Lipinski definition) is 0. The fourth-order valence-electron chi connectivity index (χ4n) is 3.85. The third-order valence-electron chi connectivity index (χ3n) is 5.37. The topological polar surface area (TPSA) is 59.2 Å². The van der Waals surface area contributed by atoms with Crippen LogP contribution in [0.4, 0.5) is 13.2 Å². The van der Waals surface area contributed by atoms with E-state index in [1.54, 1.807) is 0 Å². The Morgan fingerprint density at radius 1 is 1.08 bits per heavy atom. The Hall–Kier alpha value is -1.60. The predicted molar refractivity (Wildman–Crippen MR) is 83.7 cm³/mol. The van der Waals surface area contributed by atoms with E-state index < -0.39 is 12.1 Å². The standard InChI is InChI=1S/C17H24F3N3O2/c18-17(19,20)16-22-21-15(25-16)13-8-10-23(11-9-13)14(24)7-6-12-4-2-1-3-5-12/h12-13H,1-11H2. The Bertz CT molecular complexity index is 574. The van der Waals surface area contributed by atoms with E-state index in [1.807, 2.05) is 4.90 Å². The van der Waals surface area contributed by atoms with Crippen molar-refractivity contribution in [3.05, 3.63) is 11.8 Å². The summed E-state index contributed by atoms with van der Waals surface area (Å²) in [7, 11) is 0. The van der Waals surface area contributed by atoms with Crippen LogP contribution in [-0.4, -0.2) is 34.1 Å². The molecule has 5 nitrogen and oxygen atoms in total. The molecule has 2 fully saturated rings. The quantitative estimate of drug-likeness (QED) is 0.810. The van der Waals surface area contributed by atoms with Gasteiger partial charge in [-0.25, -0.2) is 0 Å². The third-order valence-corrected chi connectivity index (χ3v) is 5.37. The van der Waals surface area contributed by atoms with Gasteiger partial charge in [-0.1, -0.05) is 32.1 Å². The van der Waals surface area contributed by atoms with Gasteiger partial charge in [0.25, 0.3) is 0 Å².